The van der Waals surface area contributed by atoms with Crippen LogP contribution in [0.3, 0.4) is 0 Å². The average Bonchev–Trinajstić information content (AvgIpc) is 1.61. The van der Waals surface area contributed by atoms with E-state index in [0.717, 1.165) is 0 Å². The zero-order chi connectivity index (χ0) is 5.70. The standard InChI is InChI=1S/CH2FN5/c2-7(4)6-5-1-3/h3-4H. The molecule has 0 spiro atoms. The van der Waals surface area contributed by atoms with Crippen molar-refractivity contribution in [3.05, 3.63) is 5.53 Å². The van der Waals surface area contributed by atoms with Crippen molar-refractivity contribution in [2.24, 2.45) is 5.10 Å². The molecule has 0 aliphatic heterocycles. The van der Waals surface area contributed by atoms with Crippen LogP contribution >= 0.6 is 0 Å². The zero-order valence-corrected chi connectivity index (χ0v) is 3.22. The Balaban J connectivity index is 3.32. The molecular weight excluding hydrogens is 101 g/mol. The van der Waals surface area contributed by atoms with Crippen molar-refractivity contribution in [2.45, 2.75) is 0 Å². The Labute approximate surface area is 38.4 Å². The maximum atomic E-state index is 11.0. The molecule has 0 radical (unpaired) electrons. The van der Waals surface area contributed by atoms with E-state index in [1.54, 1.807) is 0 Å². The summed E-state index contributed by atoms with van der Waals surface area (Å²) < 4.78 is 11.0. The van der Waals surface area contributed by atoms with E-state index in [9.17, 15) is 4.48 Å². The Morgan fingerprint density at radius 3 is 2.57 bits per heavy atom. The molecule has 0 fully saturated rings. The predicted octanol–water partition coefficient (Wildman–Crippen LogP) is 0.871. The normalized spacial score (nSPS) is 6.43. The van der Waals surface area contributed by atoms with Gasteiger partial charge in [-0.15, -0.1) is 0 Å². The number of nitrogens with zero attached hydrogens (tertiary/aromatic N) is 3. The lowest BCUT2D eigenvalue weighted by molar-refractivity contribution is -0.744. The lowest BCUT2D eigenvalue weighted by Gasteiger charge is -1.80. The highest BCUT2D eigenvalue weighted by molar-refractivity contribution is 5.36. The molecule has 5 nitrogen and oxygen atoms in total. The average molecular weight is 103 g/mol. The first-order valence-corrected chi connectivity index (χ1v) is 1.27. The van der Waals surface area contributed by atoms with Gasteiger partial charge in [0.2, 0.25) is 6.01 Å². The summed E-state index contributed by atoms with van der Waals surface area (Å²) in [7, 11) is 0. The maximum absolute atomic E-state index is 11.0. The molecule has 0 heterocycles. The van der Waals surface area contributed by atoms with Crippen LogP contribution in [-0.2, 0) is 0 Å². The van der Waals surface area contributed by atoms with Crippen LogP contribution in [0.1, 0.15) is 0 Å². The molecule has 7 heavy (non-hydrogen) atoms. The van der Waals surface area contributed by atoms with E-state index in [1.165, 1.54) is 6.01 Å². The van der Waals surface area contributed by atoms with Crippen LogP contribution in [0.15, 0.2) is 5.10 Å². The van der Waals surface area contributed by atoms with Crippen molar-refractivity contribution in [2.75, 3.05) is 0 Å². The van der Waals surface area contributed by atoms with E-state index in [1.807, 2.05) is 0 Å². The number of halogens is 1. The molecular formula is CH2FN5. The molecule has 0 aliphatic rings. The summed E-state index contributed by atoms with van der Waals surface area (Å²) in [6.45, 7) is 0. The molecule has 0 amide bonds. The third-order valence-corrected chi connectivity index (χ3v) is 0.173. The van der Waals surface area contributed by atoms with Crippen molar-refractivity contribution >= 4 is 6.01 Å². The summed E-state index contributed by atoms with van der Waals surface area (Å²) in [5.74, 6) is 0. The van der Waals surface area contributed by atoms with Gasteiger partial charge in [-0.2, -0.15) is 0 Å². The Morgan fingerprint density at radius 1 is 1.86 bits per heavy atom. The molecule has 0 saturated heterocycles. The van der Waals surface area contributed by atoms with Crippen LogP contribution in [0.5, 0.6) is 0 Å². The van der Waals surface area contributed by atoms with Gasteiger partial charge in [-0.25, -0.2) is 5.41 Å². The topological polar surface area (TPSA) is 77.2 Å². The van der Waals surface area contributed by atoms with E-state index >= 15 is 0 Å². The minimum Gasteiger partial charge on any atom is -0.286 e. The predicted molar refractivity (Wildman–Crippen MR) is 17.6 cm³/mol. The van der Waals surface area contributed by atoms with E-state index in [-0.39, 0.29) is 0 Å². The van der Waals surface area contributed by atoms with Gasteiger partial charge >= 0.3 is 0 Å². The van der Waals surface area contributed by atoms with E-state index < -0.39 is 5.03 Å². The van der Waals surface area contributed by atoms with Crippen LogP contribution in [0.25, 0.3) is 5.53 Å². The molecule has 38 valence electrons. The summed E-state index contributed by atoms with van der Waals surface area (Å²) in [6, 6.07) is 1.41. The van der Waals surface area contributed by atoms with Gasteiger partial charge in [0.1, 0.15) is 0 Å². The summed E-state index contributed by atoms with van der Waals surface area (Å²) in [6.07, 6.45) is 0. The van der Waals surface area contributed by atoms with Gasteiger partial charge in [-0.05, 0) is 10.6 Å². The van der Waals surface area contributed by atoms with Crippen molar-refractivity contribution in [1.82, 2.24) is 0 Å². The van der Waals surface area contributed by atoms with Gasteiger partial charge in [-0.3, -0.25) is 5.53 Å². The highest BCUT2D eigenvalue weighted by atomic mass is 19.2. The second-order valence-corrected chi connectivity index (χ2v) is 0.561. The number of hydrogen-bond acceptors (Lipinski definition) is 3. The molecule has 2 N–H and O–H groups in total. The van der Waals surface area contributed by atoms with E-state index in [4.69, 9.17) is 10.9 Å². The molecule has 0 aromatic carbocycles. The molecule has 0 unspecified atom stereocenters. The summed E-state index contributed by atoms with van der Waals surface area (Å²) >= 11 is 0. The third kappa shape index (κ3) is 4.71. The first-order valence-electron chi connectivity index (χ1n) is 1.27. The number of hydrogen-bond donors (Lipinski definition) is 2. The van der Waals surface area contributed by atoms with Gasteiger partial charge < -0.3 is 0 Å². The van der Waals surface area contributed by atoms with Crippen molar-refractivity contribution in [3.63, 3.8) is 0 Å². The van der Waals surface area contributed by atoms with Crippen LogP contribution in [0, 0.1) is 10.9 Å². The van der Waals surface area contributed by atoms with Crippen LogP contribution in [-0.4, -0.2) is 11.0 Å². The number of nitrogens with one attached hydrogen (secondary N) is 2. The minimum absolute atomic E-state index is 0.762. The molecule has 0 bridgehead atoms. The van der Waals surface area contributed by atoms with E-state index in [0.29, 0.717) is 0 Å². The Kier molecular flexibility index (Phi) is 2.38. The van der Waals surface area contributed by atoms with Gasteiger partial charge in [0.05, 0.1) is 0 Å². The van der Waals surface area contributed by atoms with Crippen molar-refractivity contribution < 1.29 is 9.51 Å². The smallest absolute Gasteiger partial charge is 0.234 e. The van der Waals surface area contributed by atoms with Crippen LogP contribution in [0.2, 0.25) is 0 Å². The second kappa shape index (κ2) is 2.92. The zero-order valence-electron chi connectivity index (χ0n) is 3.22. The van der Waals surface area contributed by atoms with Crippen molar-refractivity contribution in [3.8, 4) is 0 Å². The Bertz CT molecular complexity index is 111. The minimum atomic E-state index is -0.762. The highest BCUT2D eigenvalue weighted by Gasteiger charge is 1.76. The largest absolute Gasteiger partial charge is 0.286 e. The van der Waals surface area contributed by atoms with Gasteiger partial charge in [-0.1, -0.05) is 0 Å². The lowest BCUT2D eigenvalue weighted by atomic mass is 11.6. The molecule has 0 atom stereocenters. The maximum Gasteiger partial charge on any atom is 0.234 e. The van der Waals surface area contributed by atoms with Crippen molar-refractivity contribution in [1.29, 1.82) is 10.9 Å². The monoisotopic (exact) mass is 103 g/mol. The summed E-state index contributed by atoms with van der Waals surface area (Å²) in [5, 5.41) is 7.82. The summed E-state index contributed by atoms with van der Waals surface area (Å²) in [5.41, 5.74) is 8.27. The Morgan fingerprint density at radius 2 is 2.43 bits per heavy atom. The molecule has 6 heteroatoms. The van der Waals surface area contributed by atoms with E-state index in [2.05, 4.69) is 10.6 Å². The third-order valence-electron chi connectivity index (χ3n) is 0.173. The van der Waals surface area contributed by atoms with Gasteiger partial charge in [0, 0.05) is 9.58 Å². The SMILES string of the molecule is N=C=N[N-][N+](=N)F. The van der Waals surface area contributed by atoms with Crippen LogP contribution in [0.4, 0.5) is 4.48 Å². The lowest BCUT2D eigenvalue weighted by Crippen LogP contribution is -1.77. The number of rotatable bonds is 2. The fourth-order valence-corrected chi connectivity index (χ4v) is 0.0616. The molecule has 0 rings (SSSR count). The second-order valence-electron chi connectivity index (χ2n) is 0.561. The molecule has 0 saturated carbocycles. The first kappa shape index (κ1) is 5.71. The molecule has 0 aromatic rings. The molecule has 0 aliphatic carbocycles. The fourth-order valence-electron chi connectivity index (χ4n) is 0.0616. The fraction of sp³-hybridized carbons (Fsp3) is 0. The molecule has 0 aromatic heterocycles. The van der Waals surface area contributed by atoms with Crippen LogP contribution < -0.4 is 0 Å². The summed E-state index contributed by atoms with van der Waals surface area (Å²) in [4.78, 5) is 0. The quantitative estimate of drug-likeness (QED) is 0.225. The highest BCUT2D eigenvalue weighted by Crippen LogP contribution is 1.85. The van der Waals surface area contributed by atoms with Gasteiger partial charge in [0.25, 0.3) is 0 Å². The first-order chi connectivity index (χ1) is 3.27. The van der Waals surface area contributed by atoms with Gasteiger partial charge in [0.15, 0.2) is 0 Å². The Hall–Kier alpha value is -1.29.